The second-order valence-corrected chi connectivity index (χ2v) is 12.7. The Morgan fingerprint density at radius 2 is 1.82 bits per heavy atom. The zero-order valence-electron chi connectivity index (χ0n) is 20.9. The van der Waals surface area contributed by atoms with Gasteiger partial charge in [-0.2, -0.15) is 30.6 Å². The van der Waals surface area contributed by atoms with Crippen molar-refractivity contribution in [2.24, 2.45) is 0 Å². The van der Waals surface area contributed by atoms with Crippen LogP contribution < -0.4 is 0 Å². The van der Waals surface area contributed by atoms with Gasteiger partial charge in [0.05, 0.1) is 6.10 Å². The van der Waals surface area contributed by atoms with E-state index in [4.69, 9.17) is 4.74 Å². The highest BCUT2D eigenvalue weighted by Gasteiger charge is 2.72. The molecule has 1 N–H and O–H groups in total. The summed E-state index contributed by atoms with van der Waals surface area (Å²) >= 11 is 1.09. The number of nitrogens with zero attached hydrogens (tertiary/aromatic N) is 2. The number of methoxy groups -OCH3 is 1. The van der Waals surface area contributed by atoms with E-state index in [1.807, 2.05) is 23.1 Å². The van der Waals surface area contributed by atoms with Crippen LogP contribution >= 0.6 is 11.3 Å². The van der Waals surface area contributed by atoms with Crippen LogP contribution in [0.4, 0.5) is 26.3 Å². The molecule has 0 bridgehead atoms. The fourth-order valence-corrected chi connectivity index (χ4v) is 7.73. The molecular weight excluding hydrogens is 570 g/mol. The summed E-state index contributed by atoms with van der Waals surface area (Å²) in [5.74, 6) is 0. The van der Waals surface area contributed by atoms with Crippen LogP contribution in [0.5, 0.6) is 0 Å². The topological polar surface area (TPSA) is 70.1 Å². The fourth-order valence-electron chi connectivity index (χ4n) is 5.12. The number of halogens is 6. The fraction of sp³-hybridized carbons (Fsp3) is 0.520. The number of ether oxygens (including phenoxy) is 1. The van der Waals surface area contributed by atoms with Crippen LogP contribution in [0.2, 0.25) is 0 Å². The van der Waals surface area contributed by atoms with Crippen molar-refractivity contribution in [1.82, 2.24) is 9.21 Å². The SMILES string of the molecule is COC1C=C(CC2CN(S(=O)(=O)c3cccs3)CCN2C2=CC=C(C(O)(C(F)(F)F)C(F)(F)F)CC2)C=CC1. The monoisotopic (exact) mass is 598 g/mol. The highest BCUT2D eigenvalue weighted by Crippen LogP contribution is 2.50. The summed E-state index contributed by atoms with van der Waals surface area (Å²) in [5.41, 5.74) is -4.76. The van der Waals surface area contributed by atoms with Gasteiger partial charge in [0.15, 0.2) is 0 Å². The van der Waals surface area contributed by atoms with Gasteiger partial charge in [0, 0.05) is 38.5 Å². The Labute approximate surface area is 226 Å². The molecule has 0 saturated carbocycles. The van der Waals surface area contributed by atoms with Gasteiger partial charge in [0.2, 0.25) is 0 Å². The molecule has 1 aromatic rings. The van der Waals surface area contributed by atoms with E-state index in [0.29, 0.717) is 24.6 Å². The van der Waals surface area contributed by atoms with Crippen LogP contribution in [0.25, 0.3) is 0 Å². The number of piperazine rings is 1. The predicted molar refractivity (Wildman–Crippen MR) is 133 cm³/mol. The Morgan fingerprint density at radius 1 is 1.10 bits per heavy atom. The van der Waals surface area contributed by atoms with Crippen molar-refractivity contribution in [3.63, 3.8) is 0 Å². The van der Waals surface area contributed by atoms with E-state index in [0.717, 1.165) is 16.9 Å². The molecule has 2 unspecified atom stereocenters. The Bertz CT molecular complexity index is 1250. The molecule has 14 heteroatoms. The lowest BCUT2D eigenvalue weighted by Gasteiger charge is -2.44. The van der Waals surface area contributed by atoms with Crippen LogP contribution in [0.15, 0.2) is 68.9 Å². The van der Waals surface area contributed by atoms with Crippen molar-refractivity contribution < 1.29 is 44.6 Å². The molecular formula is C25H28F6N2O4S2. The maximum absolute atomic E-state index is 13.4. The molecule has 2 atom stereocenters. The molecule has 2 aliphatic carbocycles. The van der Waals surface area contributed by atoms with Crippen LogP contribution in [0, 0.1) is 0 Å². The van der Waals surface area contributed by atoms with Crippen molar-refractivity contribution in [1.29, 1.82) is 0 Å². The van der Waals surface area contributed by atoms with Crippen molar-refractivity contribution in [3.8, 4) is 0 Å². The number of rotatable bonds is 7. The highest BCUT2D eigenvalue weighted by atomic mass is 32.2. The second kappa shape index (κ2) is 11.0. The Morgan fingerprint density at radius 3 is 2.38 bits per heavy atom. The standard InChI is InChI=1S/C25H28F6N2O4S2/c1-37-21-5-2-4-17(15-21)14-20-16-32(39(35,36)22-6-3-13-38-22)11-12-33(20)19-9-7-18(8-10-19)23(34,24(26,27)28)25(29,30)31/h2-4,6-7,9,13,15,20-21,34H,5,8,10-12,14,16H2,1H3. The molecule has 0 aromatic carbocycles. The minimum atomic E-state index is -5.94. The van der Waals surface area contributed by atoms with Crippen LogP contribution in [0.3, 0.4) is 0 Å². The van der Waals surface area contributed by atoms with E-state index < -0.39 is 46.0 Å². The second-order valence-electron chi connectivity index (χ2n) is 9.56. The average Bonchev–Trinajstić information content (AvgIpc) is 3.43. The third-order valence-electron chi connectivity index (χ3n) is 7.19. The minimum Gasteiger partial charge on any atom is -0.377 e. The van der Waals surface area contributed by atoms with Crippen molar-refractivity contribution >= 4 is 21.4 Å². The first kappa shape index (κ1) is 29.8. The third kappa shape index (κ3) is 5.85. The van der Waals surface area contributed by atoms with E-state index in [2.05, 4.69) is 0 Å². The quantitative estimate of drug-likeness (QED) is 0.439. The first-order valence-corrected chi connectivity index (χ1v) is 14.5. The smallest absolute Gasteiger partial charge is 0.377 e. The maximum atomic E-state index is 13.4. The molecule has 3 aliphatic rings. The molecule has 1 aliphatic heterocycles. The Kier molecular flexibility index (Phi) is 8.44. The highest BCUT2D eigenvalue weighted by molar-refractivity contribution is 7.91. The molecule has 39 heavy (non-hydrogen) atoms. The normalized spacial score (nSPS) is 23.9. The van der Waals surface area contributed by atoms with Gasteiger partial charge >= 0.3 is 12.4 Å². The number of alkyl halides is 6. The van der Waals surface area contributed by atoms with Crippen molar-refractivity contribution in [3.05, 3.63) is 64.7 Å². The molecule has 1 aromatic heterocycles. The molecule has 2 heterocycles. The molecule has 0 spiro atoms. The van der Waals surface area contributed by atoms with E-state index >= 15 is 0 Å². The summed E-state index contributed by atoms with van der Waals surface area (Å²) in [6.07, 6.45) is -4.20. The summed E-state index contributed by atoms with van der Waals surface area (Å²) in [7, 11) is -2.20. The molecule has 6 nitrogen and oxygen atoms in total. The van der Waals surface area contributed by atoms with Crippen molar-refractivity contribution in [2.45, 2.75) is 60.0 Å². The number of hydrogen-bond acceptors (Lipinski definition) is 6. The van der Waals surface area contributed by atoms with Gasteiger partial charge in [0.1, 0.15) is 4.21 Å². The number of aliphatic hydroxyl groups is 1. The van der Waals surface area contributed by atoms with Crippen LogP contribution in [-0.2, 0) is 14.8 Å². The van der Waals surface area contributed by atoms with Gasteiger partial charge in [-0.25, -0.2) is 8.42 Å². The zero-order valence-corrected chi connectivity index (χ0v) is 22.5. The summed E-state index contributed by atoms with van der Waals surface area (Å²) < 4.78 is 114. The summed E-state index contributed by atoms with van der Waals surface area (Å²) in [4.78, 5) is 1.85. The van der Waals surface area contributed by atoms with Gasteiger partial charge in [0.25, 0.3) is 15.6 Å². The van der Waals surface area contributed by atoms with E-state index in [-0.39, 0.29) is 36.4 Å². The van der Waals surface area contributed by atoms with Gasteiger partial charge in [-0.1, -0.05) is 30.4 Å². The summed E-state index contributed by atoms with van der Waals surface area (Å²) in [6, 6.07) is 2.70. The van der Waals surface area contributed by atoms with E-state index in [1.54, 1.807) is 18.6 Å². The summed E-state index contributed by atoms with van der Waals surface area (Å²) in [6.45, 7) is 0.360. The molecule has 0 amide bonds. The van der Waals surface area contributed by atoms with Crippen LogP contribution in [0.1, 0.15) is 25.7 Å². The van der Waals surface area contributed by atoms with E-state index in [1.165, 1.54) is 16.4 Å². The van der Waals surface area contributed by atoms with Gasteiger partial charge in [-0.3, -0.25) is 0 Å². The number of sulfonamides is 1. The lowest BCUT2D eigenvalue weighted by molar-refractivity contribution is -0.352. The number of thiophene rings is 1. The van der Waals surface area contributed by atoms with E-state index in [9.17, 15) is 39.9 Å². The number of allylic oxidation sites excluding steroid dienone is 4. The summed E-state index contributed by atoms with van der Waals surface area (Å²) in [5, 5.41) is 11.4. The number of hydrogen-bond donors (Lipinski definition) is 1. The zero-order chi connectivity index (χ0) is 28.6. The molecule has 1 saturated heterocycles. The average molecular weight is 599 g/mol. The van der Waals surface area contributed by atoms with Gasteiger partial charge in [-0.05, 0) is 54.4 Å². The van der Waals surface area contributed by atoms with Crippen molar-refractivity contribution in [2.75, 3.05) is 26.7 Å². The largest absolute Gasteiger partial charge is 0.430 e. The Balaban J connectivity index is 1.64. The maximum Gasteiger partial charge on any atom is 0.430 e. The van der Waals surface area contributed by atoms with Gasteiger partial charge in [-0.15, -0.1) is 11.3 Å². The third-order valence-corrected chi connectivity index (χ3v) is 10.4. The lowest BCUT2D eigenvalue weighted by atomic mass is 9.85. The molecule has 1 fully saturated rings. The molecule has 4 rings (SSSR count). The molecule has 216 valence electrons. The van der Waals surface area contributed by atoms with Gasteiger partial charge < -0.3 is 14.7 Å². The predicted octanol–water partition coefficient (Wildman–Crippen LogP) is 5.17. The first-order valence-electron chi connectivity index (χ1n) is 12.1. The van der Waals surface area contributed by atoms with Crippen LogP contribution in [-0.4, -0.2) is 79.6 Å². The Hall–Kier alpha value is -2.13. The lowest BCUT2D eigenvalue weighted by Crippen LogP contribution is -2.58. The minimum absolute atomic E-state index is 0.0754. The first-order chi connectivity index (χ1) is 18.2. The molecule has 0 radical (unpaired) electrons.